The lowest BCUT2D eigenvalue weighted by atomic mass is 10.0. The van der Waals surface area contributed by atoms with E-state index in [2.05, 4.69) is 4.98 Å². The molecule has 1 saturated heterocycles. The number of ether oxygens (including phenoxy) is 2. The van der Waals surface area contributed by atoms with Crippen molar-refractivity contribution in [2.45, 2.75) is 26.2 Å². The third kappa shape index (κ3) is 4.18. The van der Waals surface area contributed by atoms with Gasteiger partial charge in [0, 0.05) is 18.9 Å². The van der Waals surface area contributed by atoms with Crippen LogP contribution in [-0.2, 0) is 15.9 Å². The third-order valence-electron chi connectivity index (χ3n) is 3.24. The molecule has 0 aromatic carbocycles. The average Bonchev–Trinajstić information content (AvgIpc) is 2.45. The number of rotatable bonds is 4. The van der Waals surface area contributed by atoms with Gasteiger partial charge in [-0.05, 0) is 37.3 Å². The topological polar surface area (TPSA) is 48.4 Å². The summed E-state index contributed by atoms with van der Waals surface area (Å²) < 4.78 is 10.6. The van der Waals surface area contributed by atoms with Gasteiger partial charge < -0.3 is 9.47 Å². The average molecular weight is 284 g/mol. The van der Waals surface area contributed by atoms with E-state index in [4.69, 9.17) is 21.1 Å². The fourth-order valence-corrected chi connectivity index (χ4v) is 2.27. The highest BCUT2D eigenvalue weighted by Crippen LogP contribution is 2.17. The van der Waals surface area contributed by atoms with Gasteiger partial charge in [-0.2, -0.15) is 0 Å². The Balaban J connectivity index is 1.93. The van der Waals surface area contributed by atoms with Crippen LogP contribution in [0.1, 0.15) is 35.8 Å². The van der Waals surface area contributed by atoms with Crippen molar-refractivity contribution in [3.63, 3.8) is 0 Å². The third-order valence-corrected chi connectivity index (χ3v) is 3.43. The molecule has 1 fully saturated rings. The smallest absolute Gasteiger partial charge is 0.338 e. The molecule has 0 radical (unpaired) electrons. The molecule has 1 aromatic heterocycles. The predicted octanol–water partition coefficient (Wildman–Crippen LogP) is 2.88. The van der Waals surface area contributed by atoms with Crippen molar-refractivity contribution in [2.75, 3.05) is 19.8 Å². The van der Waals surface area contributed by atoms with Gasteiger partial charge in [-0.3, -0.25) is 0 Å². The van der Waals surface area contributed by atoms with Crippen molar-refractivity contribution >= 4 is 17.6 Å². The van der Waals surface area contributed by atoms with E-state index < -0.39 is 0 Å². The molecule has 0 N–H and O–H groups in total. The largest absolute Gasteiger partial charge is 0.462 e. The second-order valence-electron chi connectivity index (χ2n) is 4.68. The molecule has 1 aromatic rings. The van der Waals surface area contributed by atoms with Gasteiger partial charge in [0.1, 0.15) is 5.15 Å². The number of halogens is 1. The predicted molar refractivity (Wildman–Crippen MR) is 72.5 cm³/mol. The Labute approximate surface area is 118 Å². The molecule has 2 rings (SSSR count). The lowest BCUT2D eigenvalue weighted by molar-refractivity contribution is 0.0185. The van der Waals surface area contributed by atoms with Gasteiger partial charge >= 0.3 is 5.97 Å². The van der Waals surface area contributed by atoms with E-state index in [1.165, 1.54) is 0 Å². The fourth-order valence-electron chi connectivity index (χ4n) is 2.04. The van der Waals surface area contributed by atoms with Crippen LogP contribution in [-0.4, -0.2) is 30.8 Å². The van der Waals surface area contributed by atoms with E-state index >= 15 is 0 Å². The summed E-state index contributed by atoms with van der Waals surface area (Å²) in [7, 11) is 0. The number of carbonyl (C=O) groups excluding carboxylic acids is 1. The van der Waals surface area contributed by atoms with E-state index in [-0.39, 0.29) is 5.97 Å². The van der Waals surface area contributed by atoms with Crippen molar-refractivity contribution in [2.24, 2.45) is 5.92 Å². The van der Waals surface area contributed by atoms with Crippen molar-refractivity contribution in [1.82, 2.24) is 4.98 Å². The Morgan fingerprint density at radius 1 is 1.47 bits per heavy atom. The van der Waals surface area contributed by atoms with Gasteiger partial charge in [-0.25, -0.2) is 9.78 Å². The van der Waals surface area contributed by atoms with Crippen LogP contribution in [0.4, 0.5) is 0 Å². The highest BCUT2D eigenvalue weighted by molar-refractivity contribution is 6.29. The summed E-state index contributed by atoms with van der Waals surface area (Å²) in [6.45, 7) is 3.92. The zero-order valence-electron chi connectivity index (χ0n) is 11.0. The van der Waals surface area contributed by atoms with Crippen LogP contribution in [0.5, 0.6) is 0 Å². The number of aromatic nitrogens is 1. The molecule has 0 saturated carbocycles. The summed E-state index contributed by atoms with van der Waals surface area (Å²) in [5.41, 5.74) is 1.27. The summed E-state index contributed by atoms with van der Waals surface area (Å²) in [6, 6.07) is 3.28. The molecule has 0 spiro atoms. The van der Waals surface area contributed by atoms with Crippen LogP contribution in [0, 0.1) is 5.92 Å². The van der Waals surface area contributed by atoms with Crippen LogP contribution < -0.4 is 0 Å². The van der Waals surface area contributed by atoms with Crippen LogP contribution in [0.3, 0.4) is 0 Å². The van der Waals surface area contributed by atoms with Crippen LogP contribution in [0.25, 0.3) is 0 Å². The molecule has 19 heavy (non-hydrogen) atoms. The molecule has 104 valence electrons. The molecular formula is C14H18ClNO3. The number of aryl methyl sites for hydroxylation is 1. The Kier molecular flexibility index (Phi) is 5.16. The lowest BCUT2D eigenvalue weighted by Crippen LogP contribution is -2.22. The van der Waals surface area contributed by atoms with Gasteiger partial charge in [0.25, 0.3) is 0 Å². The summed E-state index contributed by atoms with van der Waals surface area (Å²) in [5, 5.41) is 0.331. The Morgan fingerprint density at radius 2 is 2.21 bits per heavy atom. The Bertz CT molecular complexity index is 444. The van der Waals surface area contributed by atoms with Gasteiger partial charge in [0.05, 0.1) is 12.2 Å². The first-order chi connectivity index (χ1) is 9.19. The monoisotopic (exact) mass is 283 g/mol. The van der Waals surface area contributed by atoms with Gasteiger partial charge in [0.2, 0.25) is 0 Å². The normalized spacial score (nSPS) is 16.3. The van der Waals surface area contributed by atoms with Crippen molar-refractivity contribution in [1.29, 1.82) is 0 Å². The molecule has 0 bridgehead atoms. The molecule has 2 heterocycles. The maximum absolute atomic E-state index is 12.0. The molecule has 0 unspecified atom stereocenters. The number of esters is 1. The molecule has 1 aliphatic heterocycles. The Hall–Kier alpha value is -1.13. The molecular weight excluding hydrogens is 266 g/mol. The van der Waals surface area contributed by atoms with Crippen LogP contribution >= 0.6 is 11.6 Å². The first kappa shape index (κ1) is 14.3. The van der Waals surface area contributed by atoms with Crippen LogP contribution in [0.2, 0.25) is 5.15 Å². The molecule has 5 heteroatoms. The zero-order valence-corrected chi connectivity index (χ0v) is 11.8. The Morgan fingerprint density at radius 3 is 2.89 bits per heavy atom. The number of hydrogen-bond acceptors (Lipinski definition) is 4. The molecule has 0 amide bonds. The second kappa shape index (κ2) is 6.87. The van der Waals surface area contributed by atoms with E-state index in [1.807, 2.05) is 6.92 Å². The van der Waals surface area contributed by atoms with Crippen molar-refractivity contribution in [3.8, 4) is 0 Å². The quantitative estimate of drug-likeness (QED) is 0.630. The minimum absolute atomic E-state index is 0.328. The SMILES string of the molecule is CCc1cc(C(=O)OCC2CCOCC2)cc(Cl)n1. The highest BCUT2D eigenvalue weighted by atomic mass is 35.5. The highest BCUT2D eigenvalue weighted by Gasteiger charge is 2.17. The van der Waals surface area contributed by atoms with Gasteiger partial charge in [-0.1, -0.05) is 18.5 Å². The molecule has 0 atom stereocenters. The van der Waals surface area contributed by atoms with E-state index in [1.54, 1.807) is 12.1 Å². The first-order valence-electron chi connectivity index (χ1n) is 6.60. The number of hydrogen-bond donors (Lipinski definition) is 0. The number of carbonyl (C=O) groups is 1. The van der Waals surface area contributed by atoms with Crippen molar-refractivity contribution < 1.29 is 14.3 Å². The minimum Gasteiger partial charge on any atom is -0.462 e. The second-order valence-corrected chi connectivity index (χ2v) is 5.06. The number of pyridine rings is 1. The standard InChI is InChI=1S/C14H18ClNO3/c1-2-12-7-11(8-13(15)16-12)14(17)19-9-10-3-5-18-6-4-10/h7-8,10H,2-6,9H2,1H3. The van der Waals surface area contributed by atoms with Crippen molar-refractivity contribution in [3.05, 3.63) is 28.5 Å². The molecule has 4 nitrogen and oxygen atoms in total. The maximum Gasteiger partial charge on any atom is 0.338 e. The summed E-state index contributed by atoms with van der Waals surface area (Å²) in [5.74, 6) is 0.0751. The van der Waals surface area contributed by atoms with Gasteiger partial charge in [-0.15, -0.1) is 0 Å². The molecule has 1 aliphatic rings. The summed E-state index contributed by atoms with van der Waals surface area (Å²) >= 11 is 5.89. The molecule has 0 aliphatic carbocycles. The fraction of sp³-hybridized carbons (Fsp3) is 0.571. The number of nitrogens with zero attached hydrogens (tertiary/aromatic N) is 1. The van der Waals surface area contributed by atoms with Crippen LogP contribution in [0.15, 0.2) is 12.1 Å². The minimum atomic E-state index is -0.328. The summed E-state index contributed by atoms with van der Waals surface area (Å²) in [4.78, 5) is 16.1. The maximum atomic E-state index is 12.0. The summed E-state index contributed by atoms with van der Waals surface area (Å²) in [6.07, 6.45) is 2.63. The zero-order chi connectivity index (χ0) is 13.7. The van der Waals surface area contributed by atoms with Gasteiger partial charge in [0.15, 0.2) is 0 Å². The lowest BCUT2D eigenvalue weighted by Gasteiger charge is -2.21. The van der Waals surface area contributed by atoms with E-state index in [0.29, 0.717) is 23.2 Å². The first-order valence-corrected chi connectivity index (χ1v) is 6.98. The van der Waals surface area contributed by atoms with E-state index in [9.17, 15) is 4.79 Å². The van der Waals surface area contributed by atoms with E-state index in [0.717, 1.165) is 38.2 Å².